The number of benzene rings is 2. The fraction of sp³-hybridized carbons (Fsp3) is 0.318. The number of hydrogen-bond acceptors (Lipinski definition) is 4. The molecule has 2 heterocycles. The Bertz CT molecular complexity index is 1020. The van der Waals surface area contributed by atoms with Gasteiger partial charge in [0.2, 0.25) is 5.91 Å². The van der Waals surface area contributed by atoms with Crippen molar-refractivity contribution >= 4 is 17.7 Å². The molecule has 0 aliphatic carbocycles. The predicted molar refractivity (Wildman–Crippen MR) is 112 cm³/mol. The van der Waals surface area contributed by atoms with Gasteiger partial charge in [0.1, 0.15) is 11.6 Å². The van der Waals surface area contributed by atoms with Gasteiger partial charge in [-0.25, -0.2) is 8.78 Å². The summed E-state index contributed by atoms with van der Waals surface area (Å²) >= 11 is 1.22. The van der Waals surface area contributed by atoms with Crippen molar-refractivity contribution in [3.05, 3.63) is 60.2 Å². The number of halogens is 2. The van der Waals surface area contributed by atoms with Crippen molar-refractivity contribution < 1.29 is 13.6 Å². The number of hydrogen-bond donors (Lipinski definition) is 0. The number of carbonyl (C=O) groups is 1. The molecule has 1 amide bonds. The van der Waals surface area contributed by atoms with Crippen LogP contribution in [-0.4, -0.2) is 44.4 Å². The summed E-state index contributed by atoms with van der Waals surface area (Å²) < 4.78 is 29.6. The molecule has 3 aromatic rings. The van der Waals surface area contributed by atoms with Crippen molar-refractivity contribution in [2.24, 2.45) is 0 Å². The Kier molecular flexibility index (Phi) is 6.42. The van der Waals surface area contributed by atoms with Gasteiger partial charge in [0.05, 0.1) is 11.4 Å². The van der Waals surface area contributed by atoms with Gasteiger partial charge in [-0.05, 0) is 25.0 Å². The van der Waals surface area contributed by atoms with E-state index in [1.54, 1.807) is 4.57 Å². The fourth-order valence-corrected chi connectivity index (χ4v) is 4.40. The Hall–Kier alpha value is -2.74. The van der Waals surface area contributed by atoms with Crippen LogP contribution in [0.25, 0.3) is 17.1 Å². The molecule has 1 aliphatic heterocycles. The third-order valence-electron chi connectivity index (χ3n) is 5.10. The second-order valence-corrected chi connectivity index (χ2v) is 8.13. The van der Waals surface area contributed by atoms with Crippen LogP contribution in [0.15, 0.2) is 53.7 Å². The third kappa shape index (κ3) is 4.53. The van der Waals surface area contributed by atoms with Crippen molar-refractivity contribution in [1.29, 1.82) is 0 Å². The van der Waals surface area contributed by atoms with Crippen molar-refractivity contribution in [3.63, 3.8) is 0 Å². The van der Waals surface area contributed by atoms with E-state index in [0.717, 1.165) is 50.4 Å². The summed E-state index contributed by atoms with van der Waals surface area (Å²) in [5.41, 5.74) is 0.893. The van der Waals surface area contributed by atoms with Gasteiger partial charge in [-0.1, -0.05) is 54.9 Å². The summed E-state index contributed by atoms with van der Waals surface area (Å²) in [5.74, 6) is -0.706. The zero-order chi connectivity index (χ0) is 20.9. The molecule has 2 aromatic carbocycles. The first-order chi connectivity index (χ1) is 14.6. The first kappa shape index (κ1) is 20.5. The molecule has 156 valence electrons. The Labute approximate surface area is 178 Å². The quantitative estimate of drug-likeness (QED) is 0.553. The highest BCUT2D eigenvalue weighted by Crippen LogP contribution is 2.29. The van der Waals surface area contributed by atoms with Crippen LogP contribution in [0.2, 0.25) is 0 Å². The second kappa shape index (κ2) is 9.38. The Morgan fingerprint density at radius 2 is 1.70 bits per heavy atom. The highest BCUT2D eigenvalue weighted by molar-refractivity contribution is 7.99. The highest BCUT2D eigenvalue weighted by Gasteiger charge is 2.21. The molecule has 1 saturated heterocycles. The minimum atomic E-state index is -0.715. The maximum absolute atomic E-state index is 14.6. The number of nitrogens with zero attached hydrogens (tertiary/aromatic N) is 4. The van der Waals surface area contributed by atoms with E-state index in [9.17, 15) is 13.6 Å². The van der Waals surface area contributed by atoms with Gasteiger partial charge in [-0.15, -0.1) is 10.2 Å². The summed E-state index contributed by atoms with van der Waals surface area (Å²) in [7, 11) is 0. The number of carbonyl (C=O) groups excluding carboxylic acids is 1. The third-order valence-corrected chi connectivity index (χ3v) is 6.01. The molecule has 0 spiro atoms. The van der Waals surface area contributed by atoms with Gasteiger partial charge >= 0.3 is 0 Å². The first-order valence-electron chi connectivity index (χ1n) is 10.0. The molecule has 4 rings (SSSR count). The number of likely N-dealkylation sites (tertiary alicyclic amines) is 1. The zero-order valence-corrected chi connectivity index (χ0v) is 17.2. The second-order valence-electron chi connectivity index (χ2n) is 7.19. The van der Waals surface area contributed by atoms with E-state index >= 15 is 0 Å². The monoisotopic (exact) mass is 428 g/mol. The zero-order valence-electron chi connectivity index (χ0n) is 16.4. The number of rotatable bonds is 5. The molecule has 0 unspecified atom stereocenters. The van der Waals surface area contributed by atoms with E-state index in [1.165, 1.54) is 23.9 Å². The van der Waals surface area contributed by atoms with E-state index in [4.69, 9.17) is 0 Å². The molecule has 1 fully saturated rings. The van der Waals surface area contributed by atoms with Gasteiger partial charge in [0, 0.05) is 24.7 Å². The van der Waals surface area contributed by atoms with E-state index in [1.807, 2.05) is 35.2 Å². The van der Waals surface area contributed by atoms with Crippen LogP contribution in [-0.2, 0) is 4.79 Å². The van der Waals surface area contributed by atoms with Crippen LogP contribution in [0.1, 0.15) is 25.7 Å². The molecular weight excluding hydrogens is 406 g/mol. The maximum atomic E-state index is 14.6. The lowest BCUT2D eigenvalue weighted by molar-refractivity contribution is -0.128. The largest absolute Gasteiger partial charge is 0.342 e. The minimum Gasteiger partial charge on any atom is -0.342 e. The molecule has 1 aliphatic rings. The van der Waals surface area contributed by atoms with Crippen LogP contribution < -0.4 is 0 Å². The first-order valence-corrected chi connectivity index (χ1v) is 11.0. The normalized spacial score (nSPS) is 14.5. The number of aromatic nitrogens is 3. The van der Waals surface area contributed by atoms with E-state index < -0.39 is 11.6 Å². The van der Waals surface area contributed by atoms with Gasteiger partial charge < -0.3 is 4.90 Å². The molecule has 8 heteroatoms. The topological polar surface area (TPSA) is 51.0 Å². The van der Waals surface area contributed by atoms with Crippen LogP contribution >= 0.6 is 11.8 Å². The van der Waals surface area contributed by atoms with Crippen molar-refractivity contribution in [2.45, 2.75) is 30.8 Å². The fourth-order valence-electron chi connectivity index (χ4n) is 3.56. The summed E-state index contributed by atoms with van der Waals surface area (Å²) in [6.07, 6.45) is 4.34. The van der Waals surface area contributed by atoms with Gasteiger partial charge in [-0.3, -0.25) is 9.36 Å². The molecule has 1 aromatic heterocycles. The average molecular weight is 429 g/mol. The molecule has 30 heavy (non-hydrogen) atoms. The Morgan fingerprint density at radius 3 is 2.40 bits per heavy atom. The van der Waals surface area contributed by atoms with E-state index in [-0.39, 0.29) is 17.3 Å². The molecular formula is C22H22F2N4OS. The van der Waals surface area contributed by atoms with Crippen LogP contribution in [0.4, 0.5) is 8.78 Å². The predicted octanol–water partition coefficient (Wildman–Crippen LogP) is 4.71. The van der Waals surface area contributed by atoms with E-state index in [2.05, 4.69) is 10.2 Å². The SMILES string of the molecule is O=C(CSc1nnc(-c2ccccc2)n1-c1ccc(F)cc1F)N1CCCCCC1. The molecule has 5 nitrogen and oxygen atoms in total. The van der Waals surface area contributed by atoms with Gasteiger partial charge in [0.25, 0.3) is 0 Å². The maximum Gasteiger partial charge on any atom is 0.233 e. The summed E-state index contributed by atoms with van der Waals surface area (Å²) in [6.45, 7) is 1.54. The molecule has 0 bridgehead atoms. The number of amides is 1. The lowest BCUT2D eigenvalue weighted by Crippen LogP contribution is -2.33. The lowest BCUT2D eigenvalue weighted by Gasteiger charge is -2.20. The average Bonchev–Trinajstić information content (AvgIpc) is 2.97. The standard InChI is InChI=1S/C22H22F2N4OS/c23-17-10-11-19(18(24)14-17)28-21(16-8-4-3-5-9-16)25-26-22(28)30-15-20(29)27-12-6-1-2-7-13-27/h3-5,8-11,14H,1-2,6-7,12-13,15H2. The molecule has 0 N–H and O–H groups in total. The lowest BCUT2D eigenvalue weighted by atomic mass is 10.2. The highest BCUT2D eigenvalue weighted by atomic mass is 32.2. The van der Waals surface area contributed by atoms with Crippen molar-refractivity contribution in [3.8, 4) is 17.1 Å². The molecule has 0 radical (unpaired) electrons. The molecule has 0 atom stereocenters. The summed E-state index contributed by atoms with van der Waals surface area (Å²) in [5, 5.41) is 8.84. The minimum absolute atomic E-state index is 0.0392. The Balaban J connectivity index is 1.64. The number of thioether (sulfide) groups is 1. The van der Waals surface area contributed by atoms with Gasteiger partial charge in [-0.2, -0.15) is 0 Å². The molecule has 0 saturated carbocycles. The van der Waals surface area contributed by atoms with Crippen LogP contribution in [0.5, 0.6) is 0 Å². The van der Waals surface area contributed by atoms with Crippen LogP contribution in [0, 0.1) is 11.6 Å². The van der Waals surface area contributed by atoms with Crippen LogP contribution in [0.3, 0.4) is 0 Å². The van der Waals surface area contributed by atoms with Crippen molar-refractivity contribution in [2.75, 3.05) is 18.8 Å². The Morgan fingerprint density at radius 1 is 0.967 bits per heavy atom. The van der Waals surface area contributed by atoms with E-state index in [0.29, 0.717) is 11.0 Å². The summed E-state index contributed by atoms with van der Waals surface area (Å²) in [4.78, 5) is 14.6. The van der Waals surface area contributed by atoms with Crippen molar-refractivity contribution in [1.82, 2.24) is 19.7 Å². The van der Waals surface area contributed by atoms with Gasteiger partial charge in [0.15, 0.2) is 11.0 Å². The smallest absolute Gasteiger partial charge is 0.233 e. The summed E-state index contributed by atoms with van der Waals surface area (Å²) in [6, 6.07) is 12.7.